The Hall–Kier alpha value is -1.84. The van der Waals surface area contributed by atoms with Crippen molar-refractivity contribution in [3.63, 3.8) is 0 Å². The lowest BCUT2D eigenvalue weighted by Crippen LogP contribution is -2.38. The van der Waals surface area contributed by atoms with Crippen LogP contribution in [0.5, 0.6) is 0 Å². The second kappa shape index (κ2) is 9.98. The molecule has 4 nitrogen and oxygen atoms in total. The minimum Gasteiger partial charge on any atom is -0.348 e. The first-order valence-electron chi connectivity index (χ1n) is 8.28. The molecule has 22 heavy (non-hydrogen) atoms. The van der Waals surface area contributed by atoms with Crippen molar-refractivity contribution in [3.05, 3.63) is 29.8 Å². The highest BCUT2D eigenvalue weighted by Gasteiger charge is 2.15. The van der Waals surface area contributed by atoms with Crippen molar-refractivity contribution < 1.29 is 9.59 Å². The molecule has 1 aromatic carbocycles. The monoisotopic (exact) mass is 304 g/mol. The zero-order valence-corrected chi connectivity index (χ0v) is 13.9. The third-order valence-corrected chi connectivity index (χ3v) is 3.92. The van der Waals surface area contributed by atoms with Crippen LogP contribution in [-0.4, -0.2) is 18.4 Å². The Morgan fingerprint density at radius 1 is 1.05 bits per heavy atom. The van der Waals surface area contributed by atoms with Gasteiger partial charge in [0, 0.05) is 12.2 Å². The fourth-order valence-corrected chi connectivity index (χ4v) is 2.27. The summed E-state index contributed by atoms with van der Waals surface area (Å²) >= 11 is 0. The first-order valence-corrected chi connectivity index (χ1v) is 8.28. The van der Waals surface area contributed by atoms with E-state index in [1.54, 1.807) is 0 Å². The maximum absolute atomic E-state index is 11.9. The first kappa shape index (κ1) is 18.2. The van der Waals surface area contributed by atoms with Gasteiger partial charge in [0.15, 0.2) is 0 Å². The van der Waals surface area contributed by atoms with E-state index in [1.165, 1.54) is 5.56 Å². The third-order valence-electron chi connectivity index (χ3n) is 3.92. The van der Waals surface area contributed by atoms with Crippen molar-refractivity contribution in [2.24, 2.45) is 5.92 Å². The van der Waals surface area contributed by atoms with Gasteiger partial charge in [0.2, 0.25) is 0 Å². The maximum atomic E-state index is 11.9. The highest BCUT2D eigenvalue weighted by molar-refractivity contribution is 6.39. The smallest absolute Gasteiger partial charge is 0.313 e. The summed E-state index contributed by atoms with van der Waals surface area (Å²) in [6, 6.07) is 7.54. The Labute approximate surface area is 133 Å². The summed E-state index contributed by atoms with van der Waals surface area (Å²) < 4.78 is 0. The molecule has 0 bridgehead atoms. The van der Waals surface area contributed by atoms with E-state index in [2.05, 4.69) is 31.4 Å². The number of aryl methyl sites for hydroxylation is 1. The summed E-state index contributed by atoms with van der Waals surface area (Å²) in [5.41, 5.74) is 1.85. The summed E-state index contributed by atoms with van der Waals surface area (Å²) in [7, 11) is 0. The lowest BCUT2D eigenvalue weighted by atomic mass is 9.99. The van der Waals surface area contributed by atoms with Gasteiger partial charge in [0.1, 0.15) is 0 Å². The van der Waals surface area contributed by atoms with Crippen LogP contribution in [0.3, 0.4) is 0 Å². The van der Waals surface area contributed by atoms with Gasteiger partial charge in [-0.25, -0.2) is 0 Å². The number of anilines is 1. The van der Waals surface area contributed by atoms with Gasteiger partial charge in [-0.1, -0.05) is 52.2 Å². The van der Waals surface area contributed by atoms with Crippen molar-refractivity contribution in [2.75, 3.05) is 11.9 Å². The molecule has 0 saturated heterocycles. The minimum atomic E-state index is -0.602. The Bertz CT molecular complexity index is 468. The van der Waals surface area contributed by atoms with Gasteiger partial charge in [-0.15, -0.1) is 0 Å². The van der Waals surface area contributed by atoms with Crippen LogP contribution in [0.25, 0.3) is 0 Å². The molecule has 1 rings (SSSR count). The normalized spacial score (nSPS) is 11.8. The topological polar surface area (TPSA) is 58.2 Å². The van der Waals surface area contributed by atoms with Gasteiger partial charge in [0.05, 0.1) is 0 Å². The minimum absolute atomic E-state index is 0.445. The number of hydrogen-bond acceptors (Lipinski definition) is 2. The molecule has 0 saturated carbocycles. The van der Waals surface area contributed by atoms with E-state index in [4.69, 9.17) is 0 Å². The summed E-state index contributed by atoms with van der Waals surface area (Å²) in [4.78, 5) is 23.7. The van der Waals surface area contributed by atoms with E-state index in [9.17, 15) is 9.59 Å². The molecule has 0 fully saturated rings. The van der Waals surface area contributed by atoms with E-state index >= 15 is 0 Å². The molecule has 2 amide bonds. The number of benzene rings is 1. The molecule has 0 radical (unpaired) electrons. The van der Waals surface area contributed by atoms with Crippen molar-refractivity contribution in [1.82, 2.24) is 5.32 Å². The number of hydrogen-bond donors (Lipinski definition) is 2. The lowest BCUT2D eigenvalue weighted by molar-refractivity contribution is -0.136. The highest BCUT2D eigenvalue weighted by atomic mass is 16.2. The number of rotatable bonds is 8. The molecule has 122 valence electrons. The average molecular weight is 304 g/mol. The molecular weight excluding hydrogens is 276 g/mol. The van der Waals surface area contributed by atoms with Crippen LogP contribution in [0.1, 0.15) is 52.0 Å². The van der Waals surface area contributed by atoms with Gasteiger partial charge in [-0.3, -0.25) is 9.59 Å². The van der Waals surface area contributed by atoms with Crippen LogP contribution in [0, 0.1) is 5.92 Å². The van der Waals surface area contributed by atoms with E-state index < -0.39 is 11.8 Å². The second-order valence-corrected chi connectivity index (χ2v) is 5.63. The standard InChI is InChI=1S/C18H28N2O2/c1-4-7-8-15(6-3)13-19-17(21)18(22)20-16-11-9-14(5-2)10-12-16/h9-12,15H,4-8,13H2,1-3H3,(H,19,21)(H,20,22)/t15-/m0/s1. The molecule has 1 aromatic rings. The molecule has 1 atom stereocenters. The zero-order valence-electron chi connectivity index (χ0n) is 13.9. The lowest BCUT2D eigenvalue weighted by Gasteiger charge is -2.15. The number of nitrogens with one attached hydrogen (secondary N) is 2. The molecule has 4 heteroatoms. The van der Waals surface area contributed by atoms with Gasteiger partial charge in [-0.2, -0.15) is 0 Å². The van der Waals surface area contributed by atoms with E-state index in [-0.39, 0.29) is 0 Å². The van der Waals surface area contributed by atoms with Crippen LogP contribution in [0.4, 0.5) is 5.69 Å². The SMILES string of the molecule is CCCC[C@H](CC)CNC(=O)C(=O)Nc1ccc(CC)cc1. The first-order chi connectivity index (χ1) is 10.6. The second-order valence-electron chi connectivity index (χ2n) is 5.63. The largest absolute Gasteiger partial charge is 0.348 e. The zero-order chi connectivity index (χ0) is 16.4. The maximum Gasteiger partial charge on any atom is 0.313 e. The van der Waals surface area contributed by atoms with Crippen LogP contribution >= 0.6 is 0 Å². The Balaban J connectivity index is 2.42. The van der Waals surface area contributed by atoms with E-state index in [0.29, 0.717) is 18.2 Å². The molecule has 0 spiro atoms. The molecule has 0 aliphatic rings. The predicted octanol–water partition coefficient (Wildman–Crippen LogP) is 3.52. The van der Waals surface area contributed by atoms with Crippen LogP contribution in [-0.2, 0) is 16.0 Å². The molecule has 0 aromatic heterocycles. The molecule has 0 unspecified atom stereocenters. The predicted molar refractivity (Wildman–Crippen MR) is 90.8 cm³/mol. The van der Waals surface area contributed by atoms with Crippen molar-refractivity contribution in [3.8, 4) is 0 Å². The van der Waals surface area contributed by atoms with Crippen LogP contribution in [0.15, 0.2) is 24.3 Å². The van der Waals surface area contributed by atoms with E-state index in [0.717, 1.165) is 32.1 Å². The van der Waals surface area contributed by atoms with E-state index in [1.807, 2.05) is 24.3 Å². The highest BCUT2D eigenvalue weighted by Crippen LogP contribution is 2.12. The number of amides is 2. The molecule has 2 N–H and O–H groups in total. The molecular formula is C18H28N2O2. The summed E-state index contributed by atoms with van der Waals surface area (Å²) in [5.74, 6) is -0.718. The Kier molecular flexibility index (Phi) is 8.26. The molecule has 0 aliphatic carbocycles. The summed E-state index contributed by atoms with van der Waals surface area (Å²) in [5, 5.41) is 5.36. The summed E-state index contributed by atoms with van der Waals surface area (Å²) in [6.07, 6.45) is 5.36. The van der Waals surface area contributed by atoms with Gasteiger partial charge < -0.3 is 10.6 Å². The third kappa shape index (κ3) is 6.29. The Morgan fingerprint density at radius 3 is 2.27 bits per heavy atom. The molecule has 0 aliphatic heterocycles. The fourth-order valence-electron chi connectivity index (χ4n) is 2.27. The summed E-state index contributed by atoms with van der Waals surface area (Å²) in [6.45, 7) is 6.91. The fraction of sp³-hybridized carbons (Fsp3) is 0.556. The quantitative estimate of drug-likeness (QED) is 0.722. The van der Waals surface area contributed by atoms with Gasteiger partial charge in [-0.05, 0) is 36.5 Å². The van der Waals surface area contributed by atoms with Crippen molar-refractivity contribution >= 4 is 17.5 Å². The number of carbonyl (C=O) groups is 2. The van der Waals surface area contributed by atoms with Crippen molar-refractivity contribution in [2.45, 2.75) is 52.9 Å². The number of carbonyl (C=O) groups excluding carboxylic acids is 2. The molecule has 0 heterocycles. The van der Waals surface area contributed by atoms with Crippen LogP contribution in [0.2, 0.25) is 0 Å². The average Bonchev–Trinajstić information content (AvgIpc) is 2.55. The number of unbranched alkanes of at least 4 members (excludes halogenated alkanes) is 1. The van der Waals surface area contributed by atoms with Crippen molar-refractivity contribution in [1.29, 1.82) is 0 Å². The van der Waals surface area contributed by atoms with Crippen LogP contribution < -0.4 is 10.6 Å². The Morgan fingerprint density at radius 2 is 1.73 bits per heavy atom. The van der Waals surface area contributed by atoms with Gasteiger partial charge >= 0.3 is 11.8 Å². The van der Waals surface area contributed by atoms with Gasteiger partial charge in [0.25, 0.3) is 0 Å².